The Morgan fingerprint density at radius 3 is 2.61 bits per heavy atom. The highest BCUT2D eigenvalue weighted by molar-refractivity contribution is 7.99. The van der Waals surface area contributed by atoms with Crippen LogP contribution in [0.4, 0.5) is 10.7 Å². The largest absolute Gasteiger partial charge is 0.396 e. The molecule has 0 bridgehead atoms. The third-order valence-electron chi connectivity index (χ3n) is 2.86. The lowest BCUT2D eigenvalue weighted by atomic mass is 10.3. The molecule has 0 aliphatic rings. The van der Waals surface area contributed by atoms with E-state index >= 15 is 0 Å². The van der Waals surface area contributed by atoms with Crippen LogP contribution >= 0.6 is 23.1 Å². The minimum absolute atomic E-state index is 0.0292. The second kappa shape index (κ2) is 6.45. The molecular formula is C12H21N3OS2. The molecule has 18 heavy (non-hydrogen) atoms. The Balaban J connectivity index is 2.88. The van der Waals surface area contributed by atoms with Crippen molar-refractivity contribution in [2.45, 2.75) is 24.8 Å². The fourth-order valence-electron chi connectivity index (χ4n) is 1.43. The van der Waals surface area contributed by atoms with Crippen molar-refractivity contribution >= 4 is 39.6 Å². The number of hydrogen-bond acceptors (Lipinski definition) is 6. The van der Waals surface area contributed by atoms with Gasteiger partial charge in [-0.1, -0.05) is 0 Å². The summed E-state index contributed by atoms with van der Waals surface area (Å²) >= 11 is 3.02. The van der Waals surface area contributed by atoms with Gasteiger partial charge < -0.3 is 16.0 Å². The van der Waals surface area contributed by atoms with Crippen molar-refractivity contribution in [3.63, 3.8) is 0 Å². The summed E-state index contributed by atoms with van der Waals surface area (Å²) in [6, 6.07) is 0.420. The van der Waals surface area contributed by atoms with Crippen LogP contribution in [0.15, 0.2) is 4.90 Å². The second-order valence-electron chi connectivity index (χ2n) is 4.46. The fraction of sp³-hybridized carbons (Fsp3) is 0.583. The van der Waals surface area contributed by atoms with Gasteiger partial charge in [0.15, 0.2) is 5.78 Å². The molecule has 0 saturated heterocycles. The van der Waals surface area contributed by atoms with E-state index in [1.54, 1.807) is 18.7 Å². The van der Waals surface area contributed by atoms with Crippen molar-refractivity contribution in [3.05, 3.63) is 4.88 Å². The smallest absolute Gasteiger partial charge is 0.171 e. The van der Waals surface area contributed by atoms with Crippen LogP contribution in [0, 0.1) is 0 Å². The first kappa shape index (κ1) is 15.3. The molecule has 0 aliphatic carbocycles. The zero-order valence-electron chi connectivity index (χ0n) is 11.5. The van der Waals surface area contributed by atoms with E-state index in [2.05, 4.69) is 17.1 Å². The number of anilines is 2. The highest BCUT2D eigenvalue weighted by Crippen LogP contribution is 2.41. The molecule has 0 spiro atoms. The summed E-state index contributed by atoms with van der Waals surface area (Å²) in [6.07, 6.45) is 1.98. The predicted octanol–water partition coefficient (Wildman–Crippen LogP) is 2.62. The van der Waals surface area contributed by atoms with Gasteiger partial charge >= 0.3 is 0 Å². The number of nitrogen functional groups attached to an aromatic ring is 1. The molecule has 0 radical (unpaired) electrons. The van der Waals surface area contributed by atoms with Crippen LogP contribution in [0.2, 0.25) is 0 Å². The zero-order chi connectivity index (χ0) is 13.9. The van der Waals surface area contributed by atoms with E-state index in [-0.39, 0.29) is 5.78 Å². The van der Waals surface area contributed by atoms with E-state index in [4.69, 9.17) is 5.73 Å². The van der Waals surface area contributed by atoms with Crippen LogP contribution in [-0.4, -0.2) is 43.6 Å². The molecule has 3 N–H and O–H groups in total. The lowest BCUT2D eigenvalue weighted by Crippen LogP contribution is -2.31. The van der Waals surface area contributed by atoms with Crippen LogP contribution in [-0.2, 0) is 0 Å². The standard InChI is InChI=1S/C12H21N3OS2/c1-7(15(3)4)6-14-12-11(17-5)9(13)10(18-12)8(2)16/h7,14H,6,13H2,1-5H3. The molecule has 1 heterocycles. The van der Waals surface area contributed by atoms with E-state index in [1.807, 2.05) is 20.4 Å². The van der Waals surface area contributed by atoms with Crippen molar-refractivity contribution in [3.8, 4) is 0 Å². The Kier molecular flexibility index (Phi) is 5.49. The molecule has 0 aliphatic heterocycles. The lowest BCUT2D eigenvalue weighted by Gasteiger charge is -2.20. The summed E-state index contributed by atoms with van der Waals surface area (Å²) in [5.74, 6) is 0.0292. The molecule has 0 saturated carbocycles. The Morgan fingerprint density at radius 2 is 2.17 bits per heavy atom. The number of carbonyl (C=O) groups excluding carboxylic acids is 1. The number of nitrogens with two attached hydrogens (primary N) is 1. The van der Waals surface area contributed by atoms with E-state index in [1.165, 1.54) is 11.3 Å². The van der Waals surface area contributed by atoms with Gasteiger partial charge in [-0.05, 0) is 27.3 Å². The third-order valence-corrected chi connectivity index (χ3v) is 5.09. The number of hydrogen-bond donors (Lipinski definition) is 2. The summed E-state index contributed by atoms with van der Waals surface area (Å²) in [6.45, 7) is 4.53. The molecule has 102 valence electrons. The van der Waals surface area contributed by atoms with Gasteiger partial charge in [-0.25, -0.2) is 0 Å². The fourth-order valence-corrected chi connectivity index (χ4v) is 3.37. The quantitative estimate of drug-likeness (QED) is 0.622. The molecular weight excluding hydrogens is 266 g/mol. The van der Waals surface area contributed by atoms with Crippen molar-refractivity contribution in [1.29, 1.82) is 0 Å². The molecule has 6 heteroatoms. The Hall–Kier alpha value is -0.720. The number of Topliss-reactive ketones (excluding diaryl/α,β-unsaturated/α-hetero) is 1. The maximum absolute atomic E-state index is 11.5. The monoisotopic (exact) mass is 287 g/mol. The van der Waals surface area contributed by atoms with Gasteiger partial charge in [0.25, 0.3) is 0 Å². The summed E-state index contributed by atoms with van der Waals surface area (Å²) in [7, 11) is 4.09. The van der Waals surface area contributed by atoms with E-state index in [9.17, 15) is 4.79 Å². The van der Waals surface area contributed by atoms with Crippen LogP contribution < -0.4 is 11.1 Å². The molecule has 1 aromatic rings. The van der Waals surface area contributed by atoms with Crippen molar-refractivity contribution in [2.75, 3.05) is 37.9 Å². The molecule has 0 aromatic carbocycles. The lowest BCUT2D eigenvalue weighted by molar-refractivity contribution is 0.102. The van der Waals surface area contributed by atoms with Gasteiger partial charge in [0.05, 0.1) is 15.5 Å². The molecule has 0 amide bonds. The van der Waals surface area contributed by atoms with Gasteiger partial charge in [0.1, 0.15) is 5.00 Å². The third kappa shape index (κ3) is 3.40. The van der Waals surface area contributed by atoms with Crippen molar-refractivity contribution < 1.29 is 4.79 Å². The normalized spacial score (nSPS) is 12.8. The number of rotatable bonds is 6. The number of ketones is 1. The first-order chi connectivity index (χ1) is 8.38. The van der Waals surface area contributed by atoms with Crippen LogP contribution in [0.1, 0.15) is 23.5 Å². The summed E-state index contributed by atoms with van der Waals surface area (Å²) < 4.78 is 0. The number of thioether (sulfide) groups is 1. The summed E-state index contributed by atoms with van der Waals surface area (Å²) in [5, 5.41) is 4.38. The highest BCUT2D eigenvalue weighted by Gasteiger charge is 2.18. The Morgan fingerprint density at radius 1 is 1.56 bits per heavy atom. The number of likely N-dealkylation sites (N-methyl/N-ethyl adjacent to an activating group) is 1. The molecule has 1 atom stereocenters. The van der Waals surface area contributed by atoms with Crippen LogP contribution in [0.3, 0.4) is 0 Å². The number of nitrogens with one attached hydrogen (secondary N) is 1. The van der Waals surface area contributed by atoms with Crippen molar-refractivity contribution in [2.24, 2.45) is 0 Å². The van der Waals surface area contributed by atoms with Gasteiger partial charge in [-0.3, -0.25) is 4.79 Å². The predicted molar refractivity (Wildman–Crippen MR) is 82.2 cm³/mol. The number of nitrogens with zero attached hydrogens (tertiary/aromatic N) is 1. The molecule has 4 nitrogen and oxygen atoms in total. The summed E-state index contributed by atoms with van der Waals surface area (Å²) in [4.78, 5) is 15.3. The Labute approximate surface area is 117 Å². The van der Waals surface area contributed by atoms with Crippen LogP contribution in [0.5, 0.6) is 0 Å². The SMILES string of the molecule is CSc1c(NCC(C)N(C)C)sc(C(C)=O)c1N. The van der Waals surface area contributed by atoms with Gasteiger partial charge in [0.2, 0.25) is 0 Å². The number of thiophene rings is 1. The van der Waals surface area contributed by atoms with Gasteiger partial charge in [-0.15, -0.1) is 23.1 Å². The average Bonchev–Trinajstić information content (AvgIpc) is 2.62. The first-order valence-corrected chi connectivity index (χ1v) is 7.80. The number of carbonyl (C=O) groups is 1. The highest BCUT2D eigenvalue weighted by atomic mass is 32.2. The Bertz CT molecular complexity index is 429. The maximum atomic E-state index is 11.5. The minimum atomic E-state index is 0.0292. The van der Waals surface area contributed by atoms with E-state index < -0.39 is 0 Å². The van der Waals surface area contributed by atoms with Crippen molar-refractivity contribution in [1.82, 2.24) is 4.90 Å². The molecule has 1 rings (SSSR count). The maximum Gasteiger partial charge on any atom is 0.171 e. The molecule has 0 fully saturated rings. The topological polar surface area (TPSA) is 58.4 Å². The van der Waals surface area contributed by atoms with Gasteiger partial charge in [0, 0.05) is 19.5 Å². The summed E-state index contributed by atoms with van der Waals surface area (Å²) in [5.41, 5.74) is 6.61. The second-order valence-corrected chi connectivity index (χ2v) is 6.29. The van der Waals surface area contributed by atoms with E-state index in [0.717, 1.165) is 16.4 Å². The van der Waals surface area contributed by atoms with Crippen LogP contribution in [0.25, 0.3) is 0 Å². The minimum Gasteiger partial charge on any atom is -0.396 e. The first-order valence-electron chi connectivity index (χ1n) is 5.76. The zero-order valence-corrected chi connectivity index (χ0v) is 13.2. The molecule has 1 aromatic heterocycles. The van der Waals surface area contributed by atoms with Gasteiger partial charge in [-0.2, -0.15) is 0 Å². The average molecular weight is 287 g/mol. The molecule has 1 unspecified atom stereocenters. The van der Waals surface area contributed by atoms with E-state index in [0.29, 0.717) is 16.6 Å².